The molecular weight excluding hydrogens is 416 g/mol. The zero-order chi connectivity index (χ0) is 21.9. The predicted octanol–water partition coefficient (Wildman–Crippen LogP) is 3.60. The molecular formula is C24H36O8. The fraction of sp³-hybridized carbons (Fsp3) is 0.917. The predicted molar refractivity (Wildman–Crippen MR) is 112 cm³/mol. The molecule has 8 nitrogen and oxygen atoms in total. The van der Waals surface area contributed by atoms with E-state index in [1.165, 1.54) is 0 Å². The maximum Gasteiger partial charge on any atom is 0.508 e. The van der Waals surface area contributed by atoms with Gasteiger partial charge in [0.15, 0.2) is 6.79 Å². The molecule has 6 atom stereocenters. The lowest BCUT2D eigenvalue weighted by molar-refractivity contribution is -0.163. The van der Waals surface area contributed by atoms with Gasteiger partial charge in [0.25, 0.3) is 0 Å². The Morgan fingerprint density at radius 1 is 0.625 bits per heavy atom. The lowest BCUT2D eigenvalue weighted by Crippen LogP contribution is -2.26. The normalized spacial score (nSPS) is 39.9. The Hall–Kier alpha value is -1.38. The van der Waals surface area contributed by atoms with Crippen LogP contribution in [-0.2, 0) is 33.2 Å². The molecule has 0 N–H and O–H groups in total. The van der Waals surface area contributed by atoms with Crippen molar-refractivity contribution in [3.05, 3.63) is 0 Å². The standard InChI is InChI=1S/C24H36O8/c25-23(18-6-8-20-22(10-18)32-20)30-14-27-11-15-1-3-16(4-2-15)12-28-24(26)29-13-17-5-7-19-21(9-17)31-19/h15-22H,1-14H2. The highest BCUT2D eigenvalue weighted by molar-refractivity contribution is 5.72. The summed E-state index contributed by atoms with van der Waals surface area (Å²) in [6, 6.07) is 0. The van der Waals surface area contributed by atoms with Crippen molar-refractivity contribution < 1.29 is 38.0 Å². The number of hydrogen-bond donors (Lipinski definition) is 0. The van der Waals surface area contributed by atoms with Crippen LogP contribution in [0.15, 0.2) is 0 Å². The van der Waals surface area contributed by atoms with Crippen molar-refractivity contribution in [1.29, 1.82) is 0 Å². The number of esters is 1. The van der Waals surface area contributed by atoms with E-state index in [1.807, 2.05) is 0 Å². The number of ether oxygens (including phenoxy) is 6. The summed E-state index contributed by atoms with van der Waals surface area (Å²) in [6.45, 7) is 1.51. The van der Waals surface area contributed by atoms with E-state index < -0.39 is 6.16 Å². The van der Waals surface area contributed by atoms with E-state index in [-0.39, 0.29) is 24.8 Å². The molecule has 2 heterocycles. The minimum absolute atomic E-state index is 0.0354. The van der Waals surface area contributed by atoms with E-state index in [2.05, 4.69) is 0 Å². The zero-order valence-corrected chi connectivity index (χ0v) is 18.8. The molecule has 0 radical (unpaired) electrons. The van der Waals surface area contributed by atoms with Crippen molar-refractivity contribution in [2.24, 2.45) is 23.7 Å². The summed E-state index contributed by atoms with van der Waals surface area (Å²) < 4.78 is 32.6. The molecule has 180 valence electrons. The van der Waals surface area contributed by atoms with E-state index in [1.54, 1.807) is 0 Å². The third kappa shape index (κ3) is 6.14. The summed E-state index contributed by atoms with van der Waals surface area (Å²) in [5.41, 5.74) is 0. The third-order valence-corrected chi connectivity index (χ3v) is 7.93. The first-order valence-corrected chi connectivity index (χ1v) is 12.5. The Kier molecular flexibility index (Phi) is 7.19. The molecule has 2 aliphatic heterocycles. The summed E-state index contributed by atoms with van der Waals surface area (Å²) >= 11 is 0. The van der Waals surface area contributed by atoms with Crippen LogP contribution < -0.4 is 0 Å². The molecule has 0 aromatic rings. The molecule has 3 saturated carbocycles. The van der Waals surface area contributed by atoms with E-state index in [0.29, 0.717) is 55.9 Å². The highest BCUT2D eigenvalue weighted by Crippen LogP contribution is 2.40. The van der Waals surface area contributed by atoms with Crippen molar-refractivity contribution in [2.45, 2.75) is 88.6 Å². The number of carbonyl (C=O) groups is 2. The lowest BCUT2D eigenvalue weighted by atomic mass is 9.83. The first kappa shape index (κ1) is 22.4. The summed E-state index contributed by atoms with van der Waals surface area (Å²) in [6.07, 6.45) is 10.8. The highest BCUT2D eigenvalue weighted by atomic mass is 16.7. The van der Waals surface area contributed by atoms with Crippen molar-refractivity contribution in [1.82, 2.24) is 0 Å². The number of carbonyl (C=O) groups excluding carboxylic acids is 2. The van der Waals surface area contributed by atoms with Gasteiger partial charge >= 0.3 is 12.1 Å². The third-order valence-electron chi connectivity index (χ3n) is 7.93. The van der Waals surface area contributed by atoms with E-state index >= 15 is 0 Å². The van der Waals surface area contributed by atoms with Gasteiger partial charge in [-0.25, -0.2) is 4.79 Å². The molecule has 0 spiro atoms. The SMILES string of the molecule is O=C(OCC1CCC(COCOC(=O)C2CCC3OC3C2)CC1)OCC1CCC2OC2C1. The van der Waals surface area contributed by atoms with Crippen molar-refractivity contribution >= 4 is 12.1 Å². The van der Waals surface area contributed by atoms with Crippen LogP contribution in [-0.4, -0.2) is 63.2 Å². The van der Waals surface area contributed by atoms with Gasteiger partial charge < -0.3 is 28.4 Å². The second kappa shape index (κ2) is 10.3. The molecule has 5 aliphatic rings. The molecule has 3 aliphatic carbocycles. The Bertz CT molecular complexity index is 660. The molecule has 0 amide bonds. The molecule has 32 heavy (non-hydrogen) atoms. The largest absolute Gasteiger partial charge is 0.508 e. The van der Waals surface area contributed by atoms with Gasteiger partial charge in [0.2, 0.25) is 0 Å². The van der Waals surface area contributed by atoms with Crippen molar-refractivity contribution in [2.75, 3.05) is 26.6 Å². The smallest absolute Gasteiger partial charge is 0.438 e. The topological polar surface area (TPSA) is 96.1 Å². The average molecular weight is 453 g/mol. The fourth-order valence-electron chi connectivity index (χ4n) is 5.67. The zero-order valence-electron chi connectivity index (χ0n) is 18.8. The van der Waals surface area contributed by atoms with E-state index in [9.17, 15) is 9.59 Å². The Morgan fingerprint density at radius 2 is 1.22 bits per heavy atom. The maximum absolute atomic E-state index is 12.1. The monoisotopic (exact) mass is 452 g/mol. The second-order valence-electron chi connectivity index (χ2n) is 10.3. The molecule has 0 aromatic heterocycles. The lowest BCUT2D eigenvalue weighted by Gasteiger charge is -2.28. The van der Waals surface area contributed by atoms with Gasteiger partial charge in [0.05, 0.1) is 50.2 Å². The van der Waals surface area contributed by atoms with Crippen LogP contribution in [0.2, 0.25) is 0 Å². The first-order valence-electron chi connectivity index (χ1n) is 12.5. The maximum atomic E-state index is 12.1. The summed E-state index contributed by atoms with van der Waals surface area (Å²) in [5.74, 6) is 1.06. The summed E-state index contributed by atoms with van der Waals surface area (Å²) in [5, 5.41) is 0. The van der Waals surface area contributed by atoms with Crippen LogP contribution in [0.1, 0.15) is 64.2 Å². The highest BCUT2D eigenvalue weighted by Gasteiger charge is 2.46. The van der Waals surface area contributed by atoms with Crippen LogP contribution in [0.4, 0.5) is 4.79 Å². The molecule has 8 heteroatoms. The van der Waals surface area contributed by atoms with Gasteiger partial charge in [-0.3, -0.25) is 4.79 Å². The minimum Gasteiger partial charge on any atom is -0.438 e. The summed E-state index contributed by atoms with van der Waals surface area (Å²) in [4.78, 5) is 24.0. The second-order valence-corrected chi connectivity index (χ2v) is 10.3. The van der Waals surface area contributed by atoms with E-state index in [4.69, 9.17) is 28.4 Å². The van der Waals surface area contributed by atoms with Gasteiger partial charge in [-0.05, 0) is 82.0 Å². The van der Waals surface area contributed by atoms with Gasteiger partial charge in [-0.15, -0.1) is 0 Å². The van der Waals surface area contributed by atoms with Crippen LogP contribution in [0.25, 0.3) is 0 Å². The van der Waals surface area contributed by atoms with Gasteiger partial charge in [0.1, 0.15) is 0 Å². The molecule has 0 aromatic carbocycles. The van der Waals surface area contributed by atoms with Crippen molar-refractivity contribution in [3.8, 4) is 0 Å². The molecule has 5 rings (SSSR count). The molecule has 5 fully saturated rings. The molecule has 0 bridgehead atoms. The Morgan fingerprint density at radius 3 is 1.91 bits per heavy atom. The molecule has 2 saturated heterocycles. The average Bonchev–Trinajstić information content (AvgIpc) is 3.73. The Balaban J connectivity index is 0.873. The molecule has 6 unspecified atom stereocenters. The van der Waals surface area contributed by atoms with Crippen LogP contribution in [0.5, 0.6) is 0 Å². The first-order chi connectivity index (χ1) is 15.6. The van der Waals surface area contributed by atoms with E-state index in [0.717, 1.165) is 64.2 Å². The quantitative estimate of drug-likeness (QED) is 0.227. The fourth-order valence-corrected chi connectivity index (χ4v) is 5.67. The van der Waals surface area contributed by atoms with Crippen LogP contribution in [0.3, 0.4) is 0 Å². The van der Waals surface area contributed by atoms with Crippen LogP contribution in [0, 0.1) is 23.7 Å². The van der Waals surface area contributed by atoms with Gasteiger partial charge in [0, 0.05) is 0 Å². The Labute approximate surface area is 189 Å². The number of epoxide rings is 2. The number of fused-ring (bicyclic) bond motifs is 2. The van der Waals surface area contributed by atoms with Gasteiger partial charge in [-0.2, -0.15) is 0 Å². The minimum atomic E-state index is -0.544. The van der Waals surface area contributed by atoms with Crippen molar-refractivity contribution in [3.63, 3.8) is 0 Å². The van der Waals surface area contributed by atoms with Crippen LogP contribution >= 0.6 is 0 Å². The summed E-state index contributed by atoms with van der Waals surface area (Å²) in [7, 11) is 0. The number of hydrogen-bond acceptors (Lipinski definition) is 8. The van der Waals surface area contributed by atoms with Gasteiger partial charge in [-0.1, -0.05) is 0 Å². The number of rotatable bonds is 9.